The maximum atomic E-state index is 12.3. The van der Waals surface area contributed by atoms with Gasteiger partial charge in [-0.2, -0.15) is 0 Å². The second-order valence-corrected chi connectivity index (χ2v) is 7.05. The van der Waals surface area contributed by atoms with Crippen molar-refractivity contribution in [1.82, 2.24) is 10.2 Å². The Morgan fingerprint density at radius 1 is 1.19 bits per heavy atom. The lowest BCUT2D eigenvalue weighted by Crippen LogP contribution is -2.47. The first kappa shape index (κ1) is 23.2. The minimum absolute atomic E-state index is 0. The van der Waals surface area contributed by atoms with Gasteiger partial charge >= 0.3 is 0 Å². The molecule has 3 rings (SSSR count). The van der Waals surface area contributed by atoms with Gasteiger partial charge in [0.2, 0.25) is 5.91 Å². The summed E-state index contributed by atoms with van der Waals surface area (Å²) in [5.41, 5.74) is 8.35. The van der Waals surface area contributed by atoms with Gasteiger partial charge in [-0.15, -0.1) is 24.8 Å². The Bertz CT molecular complexity index is 565. The van der Waals surface area contributed by atoms with Crippen LogP contribution in [-0.2, 0) is 16.1 Å². The van der Waals surface area contributed by atoms with Crippen LogP contribution in [0.25, 0.3) is 0 Å². The number of benzene rings is 1. The molecule has 2 atom stereocenters. The van der Waals surface area contributed by atoms with E-state index in [0.29, 0.717) is 6.54 Å². The maximum absolute atomic E-state index is 12.3. The summed E-state index contributed by atoms with van der Waals surface area (Å²) in [5, 5.41) is 3.17. The summed E-state index contributed by atoms with van der Waals surface area (Å²) in [6, 6.07) is 8.82. The molecule has 1 aromatic rings. The van der Waals surface area contributed by atoms with Crippen molar-refractivity contribution in [1.29, 1.82) is 0 Å². The number of amides is 1. The molecule has 7 heteroatoms. The molecule has 2 fully saturated rings. The standard InChI is InChI=1S/C19H29N3O2.2ClH/c1-14-4-2-3-5-15(14)13-22-10-8-16(9-11-22)21-19(23)18-7-6-17(12-20)24-18;;/h2-5,16-18H,6-13,20H2,1H3,(H,21,23);2*1H/t17-,18+;;/m1../s1. The largest absolute Gasteiger partial charge is 0.364 e. The Morgan fingerprint density at radius 3 is 2.50 bits per heavy atom. The van der Waals surface area contributed by atoms with E-state index in [1.54, 1.807) is 0 Å². The fourth-order valence-electron chi connectivity index (χ4n) is 3.63. The van der Waals surface area contributed by atoms with Crippen molar-refractivity contribution in [2.45, 2.75) is 57.4 Å². The van der Waals surface area contributed by atoms with E-state index in [-0.39, 0.29) is 49.0 Å². The number of nitrogens with zero attached hydrogens (tertiary/aromatic N) is 1. The highest BCUT2D eigenvalue weighted by Crippen LogP contribution is 2.20. The average Bonchev–Trinajstić information content (AvgIpc) is 3.08. The van der Waals surface area contributed by atoms with Crippen LogP contribution in [-0.4, -0.2) is 48.7 Å². The third kappa shape index (κ3) is 6.10. The number of carbonyl (C=O) groups is 1. The van der Waals surface area contributed by atoms with Crippen molar-refractivity contribution < 1.29 is 9.53 Å². The highest BCUT2D eigenvalue weighted by atomic mass is 35.5. The van der Waals surface area contributed by atoms with E-state index in [1.807, 2.05) is 0 Å². The van der Waals surface area contributed by atoms with Gasteiger partial charge in [-0.1, -0.05) is 24.3 Å². The van der Waals surface area contributed by atoms with Crippen LogP contribution >= 0.6 is 24.8 Å². The zero-order valence-corrected chi connectivity index (χ0v) is 17.0. The monoisotopic (exact) mass is 403 g/mol. The van der Waals surface area contributed by atoms with E-state index in [1.165, 1.54) is 11.1 Å². The molecule has 3 N–H and O–H groups in total. The molecule has 0 bridgehead atoms. The third-order valence-corrected chi connectivity index (χ3v) is 5.25. The number of hydrogen-bond acceptors (Lipinski definition) is 4. The molecule has 0 unspecified atom stereocenters. The van der Waals surface area contributed by atoms with Crippen LogP contribution in [0.5, 0.6) is 0 Å². The Morgan fingerprint density at radius 2 is 1.88 bits per heavy atom. The van der Waals surface area contributed by atoms with Gasteiger partial charge in [0.1, 0.15) is 6.10 Å². The zero-order valence-electron chi connectivity index (χ0n) is 15.4. The normalized spacial score (nSPS) is 23.8. The minimum Gasteiger partial charge on any atom is -0.364 e. The summed E-state index contributed by atoms with van der Waals surface area (Å²) in [6.07, 6.45) is 3.44. The van der Waals surface area contributed by atoms with E-state index in [4.69, 9.17) is 10.5 Å². The number of nitrogens with two attached hydrogens (primary N) is 1. The van der Waals surface area contributed by atoms with E-state index in [9.17, 15) is 4.79 Å². The Balaban J connectivity index is 0.00000169. The fourth-order valence-corrected chi connectivity index (χ4v) is 3.63. The lowest BCUT2D eigenvalue weighted by Gasteiger charge is -2.33. The highest BCUT2D eigenvalue weighted by molar-refractivity contribution is 5.85. The average molecular weight is 404 g/mol. The van der Waals surface area contributed by atoms with E-state index >= 15 is 0 Å². The van der Waals surface area contributed by atoms with Crippen LogP contribution < -0.4 is 11.1 Å². The van der Waals surface area contributed by atoms with Crippen LogP contribution in [0, 0.1) is 6.92 Å². The van der Waals surface area contributed by atoms with Crippen molar-refractivity contribution >= 4 is 30.7 Å². The molecule has 148 valence electrons. The zero-order chi connectivity index (χ0) is 16.9. The number of aryl methyl sites for hydroxylation is 1. The molecule has 0 spiro atoms. The molecule has 2 heterocycles. The quantitative estimate of drug-likeness (QED) is 0.791. The minimum atomic E-state index is -0.302. The lowest BCUT2D eigenvalue weighted by molar-refractivity contribution is -0.132. The van der Waals surface area contributed by atoms with Gasteiger partial charge in [0.15, 0.2) is 0 Å². The molecule has 0 aliphatic carbocycles. The second kappa shape index (κ2) is 11.1. The molecule has 5 nitrogen and oxygen atoms in total. The van der Waals surface area contributed by atoms with Crippen LogP contribution in [0.2, 0.25) is 0 Å². The van der Waals surface area contributed by atoms with Gasteiger partial charge in [-0.3, -0.25) is 9.69 Å². The fraction of sp³-hybridized carbons (Fsp3) is 0.632. The van der Waals surface area contributed by atoms with Crippen molar-refractivity contribution in [3.63, 3.8) is 0 Å². The number of ether oxygens (including phenoxy) is 1. The number of piperidine rings is 1. The number of halogens is 2. The first-order valence-corrected chi connectivity index (χ1v) is 9.08. The Kier molecular flexibility index (Phi) is 9.90. The Hall–Kier alpha value is -0.850. The number of carbonyl (C=O) groups excluding carboxylic acids is 1. The van der Waals surface area contributed by atoms with Gasteiger partial charge < -0.3 is 15.8 Å². The summed E-state index contributed by atoms with van der Waals surface area (Å²) in [7, 11) is 0. The third-order valence-electron chi connectivity index (χ3n) is 5.25. The summed E-state index contributed by atoms with van der Waals surface area (Å²) >= 11 is 0. The van der Waals surface area contributed by atoms with Gasteiger partial charge in [-0.25, -0.2) is 0 Å². The topological polar surface area (TPSA) is 67.6 Å². The number of likely N-dealkylation sites (tertiary alicyclic amines) is 1. The SMILES string of the molecule is Cc1ccccc1CN1CCC(NC(=O)[C@@H]2CC[C@H](CN)O2)CC1.Cl.Cl. The predicted molar refractivity (Wildman–Crippen MR) is 109 cm³/mol. The molecular formula is C19H31Cl2N3O2. The van der Waals surface area contributed by atoms with Gasteiger partial charge in [0.05, 0.1) is 6.10 Å². The van der Waals surface area contributed by atoms with Crippen molar-refractivity contribution in [2.24, 2.45) is 5.73 Å². The molecule has 1 amide bonds. The van der Waals surface area contributed by atoms with Crippen molar-refractivity contribution in [3.8, 4) is 0 Å². The summed E-state index contributed by atoms with van der Waals surface area (Å²) in [5.74, 6) is 0.0447. The van der Waals surface area contributed by atoms with Crippen LogP contribution in [0.4, 0.5) is 0 Å². The first-order chi connectivity index (χ1) is 11.7. The van der Waals surface area contributed by atoms with Gasteiger partial charge in [-0.05, 0) is 43.7 Å². The van der Waals surface area contributed by atoms with Crippen LogP contribution in [0.1, 0.15) is 36.8 Å². The second-order valence-electron chi connectivity index (χ2n) is 7.05. The molecular weight excluding hydrogens is 373 g/mol. The summed E-state index contributed by atoms with van der Waals surface area (Å²) < 4.78 is 5.68. The molecule has 0 radical (unpaired) electrons. The number of nitrogens with one attached hydrogen (secondary N) is 1. The smallest absolute Gasteiger partial charge is 0.249 e. The summed E-state index contributed by atoms with van der Waals surface area (Å²) in [6.45, 7) is 5.71. The van der Waals surface area contributed by atoms with Crippen molar-refractivity contribution in [2.75, 3.05) is 19.6 Å². The number of hydrogen-bond donors (Lipinski definition) is 2. The molecule has 1 aromatic carbocycles. The van der Waals surface area contributed by atoms with Gasteiger partial charge in [0, 0.05) is 32.2 Å². The predicted octanol–water partition coefficient (Wildman–Crippen LogP) is 2.43. The highest BCUT2D eigenvalue weighted by Gasteiger charge is 2.31. The maximum Gasteiger partial charge on any atom is 0.249 e. The van der Waals surface area contributed by atoms with E-state index < -0.39 is 0 Å². The lowest BCUT2D eigenvalue weighted by atomic mass is 10.0. The summed E-state index contributed by atoms with van der Waals surface area (Å²) in [4.78, 5) is 14.8. The molecule has 2 aliphatic rings. The molecule has 2 aliphatic heterocycles. The van der Waals surface area contributed by atoms with Gasteiger partial charge in [0.25, 0.3) is 0 Å². The van der Waals surface area contributed by atoms with E-state index in [2.05, 4.69) is 41.4 Å². The molecule has 0 saturated carbocycles. The molecule has 26 heavy (non-hydrogen) atoms. The van der Waals surface area contributed by atoms with Crippen LogP contribution in [0.15, 0.2) is 24.3 Å². The van der Waals surface area contributed by atoms with Crippen molar-refractivity contribution in [3.05, 3.63) is 35.4 Å². The molecule has 0 aromatic heterocycles. The Labute approximate surface area is 168 Å². The van der Waals surface area contributed by atoms with E-state index in [0.717, 1.165) is 45.3 Å². The number of rotatable bonds is 5. The molecule has 2 saturated heterocycles. The first-order valence-electron chi connectivity index (χ1n) is 9.08. The van der Waals surface area contributed by atoms with Crippen LogP contribution in [0.3, 0.4) is 0 Å².